The molecule has 0 fully saturated rings. The molecule has 4 nitrogen and oxygen atoms in total. The number of pyridine rings is 1. The average molecular weight is 206 g/mol. The Morgan fingerprint density at radius 3 is 3.13 bits per heavy atom. The third kappa shape index (κ3) is 2.26. The van der Waals surface area contributed by atoms with Crippen LogP contribution in [0, 0.1) is 6.92 Å². The fraction of sp³-hybridized carbons (Fsp3) is 0.455. The van der Waals surface area contributed by atoms with E-state index in [1.54, 1.807) is 0 Å². The van der Waals surface area contributed by atoms with Crippen LogP contribution in [0.2, 0.25) is 0 Å². The molecule has 0 spiro atoms. The number of fused-ring (bicyclic) bond motifs is 1. The van der Waals surface area contributed by atoms with E-state index in [-0.39, 0.29) is 11.9 Å². The van der Waals surface area contributed by atoms with E-state index in [4.69, 9.17) is 4.74 Å². The van der Waals surface area contributed by atoms with Gasteiger partial charge in [-0.25, -0.2) is 4.98 Å². The Morgan fingerprint density at radius 1 is 1.60 bits per heavy atom. The van der Waals surface area contributed by atoms with Crippen LogP contribution in [-0.2, 0) is 11.2 Å². The fourth-order valence-electron chi connectivity index (χ4n) is 1.73. The number of ether oxygens (including phenoxy) is 1. The maximum absolute atomic E-state index is 10.9. The van der Waals surface area contributed by atoms with Crippen molar-refractivity contribution >= 4 is 5.91 Å². The first-order valence-corrected chi connectivity index (χ1v) is 5.01. The van der Waals surface area contributed by atoms with Crippen LogP contribution in [0.25, 0.3) is 0 Å². The van der Waals surface area contributed by atoms with Crippen molar-refractivity contribution in [2.75, 3.05) is 6.61 Å². The summed E-state index contributed by atoms with van der Waals surface area (Å²) in [5, 5.41) is 2.85. The molecule has 0 bridgehead atoms. The van der Waals surface area contributed by atoms with Gasteiger partial charge in [-0.15, -0.1) is 0 Å². The summed E-state index contributed by atoms with van der Waals surface area (Å²) in [6.45, 7) is 3.95. The van der Waals surface area contributed by atoms with Crippen molar-refractivity contribution in [2.24, 2.45) is 0 Å². The highest BCUT2D eigenvalue weighted by Gasteiger charge is 2.21. The Hall–Kier alpha value is -1.58. The van der Waals surface area contributed by atoms with Gasteiger partial charge in [0, 0.05) is 24.6 Å². The number of hydrogen-bond acceptors (Lipinski definition) is 3. The summed E-state index contributed by atoms with van der Waals surface area (Å²) in [6, 6.07) is 4.03. The molecule has 1 aromatic rings. The standard InChI is InChI=1S/C11H14N2O2/c1-7-3-4-9-5-10(13-8(2)14)6-15-11(9)12-7/h3-4,10H,5-6H2,1-2H3,(H,13,14). The Bertz CT molecular complexity index is 390. The minimum Gasteiger partial charge on any atom is -0.475 e. The molecule has 0 saturated heterocycles. The molecule has 0 saturated carbocycles. The van der Waals surface area contributed by atoms with Gasteiger partial charge in [-0.2, -0.15) is 0 Å². The predicted molar refractivity (Wildman–Crippen MR) is 55.8 cm³/mol. The maximum atomic E-state index is 10.9. The highest BCUT2D eigenvalue weighted by molar-refractivity contribution is 5.73. The van der Waals surface area contributed by atoms with Crippen molar-refractivity contribution in [3.05, 3.63) is 23.4 Å². The smallest absolute Gasteiger partial charge is 0.217 e. The monoisotopic (exact) mass is 206 g/mol. The number of amides is 1. The van der Waals surface area contributed by atoms with Crippen LogP contribution < -0.4 is 10.1 Å². The van der Waals surface area contributed by atoms with Gasteiger partial charge in [0.15, 0.2) is 0 Å². The highest BCUT2D eigenvalue weighted by Crippen LogP contribution is 2.22. The van der Waals surface area contributed by atoms with E-state index in [0.29, 0.717) is 12.5 Å². The van der Waals surface area contributed by atoms with Crippen molar-refractivity contribution in [3.63, 3.8) is 0 Å². The molecule has 80 valence electrons. The molecular weight excluding hydrogens is 192 g/mol. The van der Waals surface area contributed by atoms with E-state index < -0.39 is 0 Å². The molecule has 1 unspecified atom stereocenters. The molecule has 1 aromatic heterocycles. The molecule has 1 N–H and O–H groups in total. The third-order valence-corrected chi connectivity index (χ3v) is 2.37. The zero-order valence-corrected chi connectivity index (χ0v) is 8.91. The number of nitrogens with one attached hydrogen (secondary N) is 1. The van der Waals surface area contributed by atoms with E-state index in [0.717, 1.165) is 17.7 Å². The molecular formula is C11H14N2O2. The quantitative estimate of drug-likeness (QED) is 0.740. The van der Waals surface area contributed by atoms with Crippen LogP contribution in [0.15, 0.2) is 12.1 Å². The highest BCUT2D eigenvalue weighted by atomic mass is 16.5. The van der Waals surface area contributed by atoms with Crippen LogP contribution in [0.5, 0.6) is 5.88 Å². The van der Waals surface area contributed by atoms with Crippen molar-refractivity contribution in [3.8, 4) is 5.88 Å². The Balaban J connectivity index is 2.13. The molecule has 2 rings (SSSR count). The second-order valence-electron chi connectivity index (χ2n) is 3.83. The largest absolute Gasteiger partial charge is 0.475 e. The lowest BCUT2D eigenvalue weighted by molar-refractivity contribution is -0.119. The summed E-state index contributed by atoms with van der Waals surface area (Å²) in [5.41, 5.74) is 2.01. The normalized spacial score (nSPS) is 18.9. The second kappa shape index (κ2) is 3.88. The van der Waals surface area contributed by atoms with Crippen LogP contribution in [-0.4, -0.2) is 23.5 Å². The first-order valence-electron chi connectivity index (χ1n) is 5.01. The number of hydrogen-bond donors (Lipinski definition) is 1. The van der Waals surface area contributed by atoms with Gasteiger partial charge in [0.1, 0.15) is 6.61 Å². The second-order valence-corrected chi connectivity index (χ2v) is 3.83. The van der Waals surface area contributed by atoms with Gasteiger partial charge >= 0.3 is 0 Å². The van der Waals surface area contributed by atoms with E-state index >= 15 is 0 Å². The number of rotatable bonds is 1. The van der Waals surface area contributed by atoms with Gasteiger partial charge < -0.3 is 10.1 Å². The number of aryl methyl sites for hydroxylation is 1. The summed E-state index contributed by atoms with van der Waals surface area (Å²) in [4.78, 5) is 15.2. The molecule has 0 aliphatic carbocycles. The summed E-state index contributed by atoms with van der Waals surface area (Å²) in [6.07, 6.45) is 0.794. The summed E-state index contributed by atoms with van der Waals surface area (Å²) < 4.78 is 5.49. The average Bonchev–Trinajstić information content (AvgIpc) is 2.17. The lowest BCUT2D eigenvalue weighted by atomic mass is 10.1. The molecule has 1 aliphatic heterocycles. The van der Waals surface area contributed by atoms with Gasteiger partial charge in [-0.1, -0.05) is 6.07 Å². The fourth-order valence-corrected chi connectivity index (χ4v) is 1.73. The van der Waals surface area contributed by atoms with Crippen LogP contribution >= 0.6 is 0 Å². The first-order chi connectivity index (χ1) is 7.15. The summed E-state index contributed by atoms with van der Waals surface area (Å²) >= 11 is 0. The summed E-state index contributed by atoms with van der Waals surface area (Å²) in [5.74, 6) is 0.684. The van der Waals surface area contributed by atoms with Crippen molar-refractivity contribution < 1.29 is 9.53 Å². The predicted octanol–water partition coefficient (Wildman–Crippen LogP) is 0.830. The molecule has 1 aliphatic rings. The number of aromatic nitrogens is 1. The van der Waals surface area contributed by atoms with E-state index in [1.807, 2.05) is 19.1 Å². The SMILES string of the molecule is CC(=O)NC1COc2nc(C)ccc2C1. The van der Waals surface area contributed by atoms with Crippen LogP contribution in [0.1, 0.15) is 18.2 Å². The third-order valence-electron chi connectivity index (χ3n) is 2.37. The topological polar surface area (TPSA) is 51.2 Å². The maximum Gasteiger partial charge on any atom is 0.217 e. The first kappa shape index (κ1) is 9.96. The minimum absolute atomic E-state index is 0.0212. The van der Waals surface area contributed by atoms with Crippen LogP contribution in [0.3, 0.4) is 0 Å². The molecule has 2 heterocycles. The molecule has 4 heteroatoms. The zero-order valence-electron chi connectivity index (χ0n) is 8.91. The Kier molecular flexibility index (Phi) is 2.58. The van der Waals surface area contributed by atoms with Crippen molar-refractivity contribution in [1.82, 2.24) is 10.3 Å². The molecule has 15 heavy (non-hydrogen) atoms. The molecule has 0 aromatic carbocycles. The van der Waals surface area contributed by atoms with Gasteiger partial charge in [0.2, 0.25) is 11.8 Å². The lowest BCUT2D eigenvalue weighted by Gasteiger charge is -2.24. The number of nitrogens with zero attached hydrogens (tertiary/aromatic N) is 1. The van der Waals surface area contributed by atoms with E-state index in [9.17, 15) is 4.79 Å². The van der Waals surface area contributed by atoms with Gasteiger partial charge in [0.05, 0.1) is 6.04 Å². The number of carbonyl (C=O) groups excluding carboxylic acids is 1. The van der Waals surface area contributed by atoms with Crippen molar-refractivity contribution in [1.29, 1.82) is 0 Å². The Labute approximate surface area is 88.7 Å². The van der Waals surface area contributed by atoms with Crippen LogP contribution in [0.4, 0.5) is 0 Å². The zero-order chi connectivity index (χ0) is 10.8. The number of carbonyl (C=O) groups is 1. The van der Waals surface area contributed by atoms with Gasteiger partial charge in [-0.05, 0) is 13.0 Å². The summed E-state index contributed by atoms with van der Waals surface area (Å²) in [7, 11) is 0. The van der Waals surface area contributed by atoms with Gasteiger partial charge in [0.25, 0.3) is 0 Å². The lowest BCUT2D eigenvalue weighted by Crippen LogP contribution is -2.41. The molecule has 1 amide bonds. The molecule has 0 radical (unpaired) electrons. The minimum atomic E-state index is -0.0212. The Morgan fingerprint density at radius 2 is 2.40 bits per heavy atom. The van der Waals surface area contributed by atoms with Crippen molar-refractivity contribution in [2.45, 2.75) is 26.3 Å². The van der Waals surface area contributed by atoms with Gasteiger partial charge in [-0.3, -0.25) is 4.79 Å². The van der Waals surface area contributed by atoms with E-state index in [1.165, 1.54) is 6.92 Å². The molecule has 1 atom stereocenters. The van der Waals surface area contributed by atoms with E-state index in [2.05, 4.69) is 10.3 Å².